The van der Waals surface area contributed by atoms with Gasteiger partial charge < -0.3 is 10.2 Å². The van der Waals surface area contributed by atoms with Gasteiger partial charge in [-0.15, -0.1) is 0 Å². The van der Waals surface area contributed by atoms with Gasteiger partial charge in [-0.1, -0.05) is 15.9 Å². The van der Waals surface area contributed by atoms with Gasteiger partial charge >= 0.3 is 5.97 Å². The molecule has 0 aliphatic carbocycles. The number of hydrogen-bond acceptors (Lipinski definition) is 2. The summed E-state index contributed by atoms with van der Waals surface area (Å²) in [5, 5.41) is 17.5. The number of halogens is 1. The van der Waals surface area contributed by atoms with Crippen molar-refractivity contribution in [3.63, 3.8) is 0 Å². The first-order valence-electron chi connectivity index (χ1n) is 3.77. The number of benzene rings is 1. The van der Waals surface area contributed by atoms with Crippen LogP contribution < -0.4 is 0 Å². The van der Waals surface area contributed by atoms with E-state index < -0.39 is 5.97 Å². The highest BCUT2D eigenvalue weighted by atomic mass is 79.9. The number of aromatic carboxylic acids is 1. The lowest BCUT2D eigenvalue weighted by molar-refractivity contribution is 0.0695. The number of hydrogen-bond donors (Lipinski definition) is 2. The van der Waals surface area contributed by atoms with E-state index in [4.69, 9.17) is 10.2 Å². The molecule has 0 radical (unpaired) electrons. The second-order valence-corrected chi connectivity index (χ2v) is 3.50. The van der Waals surface area contributed by atoms with Gasteiger partial charge in [-0.05, 0) is 30.2 Å². The maximum atomic E-state index is 10.7. The number of rotatable bonds is 3. The molecule has 0 saturated heterocycles. The molecule has 0 atom stereocenters. The molecule has 0 amide bonds. The quantitative estimate of drug-likeness (QED) is 0.851. The van der Waals surface area contributed by atoms with Crippen molar-refractivity contribution in [2.45, 2.75) is 6.42 Å². The Kier molecular flexibility index (Phi) is 3.45. The second kappa shape index (κ2) is 4.39. The number of carbonyl (C=O) groups is 1. The lowest BCUT2D eigenvalue weighted by Crippen LogP contribution is -2.03. The lowest BCUT2D eigenvalue weighted by Gasteiger charge is -2.04. The predicted molar refractivity (Wildman–Crippen MR) is 51.9 cm³/mol. The summed E-state index contributed by atoms with van der Waals surface area (Å²) in [5.74, 6) is -0.962. The molecule has 3 nitrogen and oxygen atoms in total. The summed E-state index contributed by atoms with van der Waals surface area (Å²) in [5.41, 5.74) is 0.890. The van der Waals surface area contributed by atoms with Crippen LogP contribution in [0.5, 0.6) is 0 Å². The number of carboxylic acids is 1. The van der Waals surface area contributed by atoms with E-state index in [0.717, 1.165) is 4.47 Å². The van der Waals surface area contributed by atoms with Gasteiger partial charge in [0.15, 0.2) is 0 Å². The van der Waals surface area contributed by atoms with Crippen molar-refractivity contribution < 1.29 is 15.0 Å². The zero-order valence-electron chi connectivity index (χ0n) is 6.83. The molecule has 0 saturated carbocycles. The summed E-state index contributed by atoms with van der Waals surface area (Å²) in [7, 11) is 0. The molecule has 13 heavy (non-hydrogen) atoms. The van der Waals surface area contributed by atoms with Gasteiger partial charge in [-0.25, -0.2) is 4.79 Å². The molecule has 0 spiro atoms. The summed E-state index contributed by atoms with van der Waals surface area (Å²) in [6, 6.07) is 4.90. The van der Waals surface area contributed by atoms with E-state index in [9.17, 15) is 4.79 Å². The second-order valence-electron chi connectivity index (χ2n) is 2.58. The lowest BCUT2D eigenvalue weighted by atomic mass is 10.1. The summed E-state index contributed by atoms with van der Waals surface area (Å²) in [6.45, 7) is -0.0449. The van der Waals surface area contributed by atoms with E-state index in [-0.39, 0.29) is 12.2 Å². The first kappa shape index (κ1) is 10.2. The predicted octanol–water partition coefficient (Wildman–Crippen LogP) is 1.68. The molecule has 0 fully saturated rings. The molecule has 1 rings (SSSR count). The Morgan fingerprint density at radius 2 is 2.15 bits per heavy atom. The summed E-state index contributed by atoms with van der Waals surface area (Å²) < 4.78 is 0.820. The Bertz CT molecular complexity index is 323. The first-order chi connectivity index (χ1) is 6.15. The van der Waals surface area contributed by atoms with Crippen LogP contribution in [0.2, 0.25) is 0 Å². The van der Waals surface area contributed by atoms with E-state index in [1.54, 1.807) is 12.1 Å². The van der Waals surface area contributed by atoms with Gasteiger partial charge in [0.25, 0.3) is 0 Å². The van der Waals surface area contributed by atoms with Gasteiger partial charge in [0.1, 0.15) is 0 Å². The molecule has 1 aromatic carbocycles. The highest BCUT2D eigenvalue weighted by Crippen LogP contribution is 2.17. The molecule has 0 unspecified atom stereocenters. The summed E-state index contributed by atoms with van der Waals surface area (Å²) in [4.78, 5) is 10.7. The molecule has 1 aromatic rings. The maximum Gasteiger partial charge on any atom is 0.335 e. The van der Waals surface area contributed by atoms with Gasteiger partial charge in [-0.2, -0.15) is 0 Å². The molecule has 4 heteroatoms. The Hall–Kier alpha value is -0.870. The van der Waals surface area contributed by atoms with Crippen LogP contribution in [-0.4, -0.2) is 22.8 Å². The van der Waals surface area contributed by atoms with Crippen molar-refractivity contribution in [2.75, 3.05) is 6.61 Å². The first-order valence-corrected chi connectivity index (χ1v) is 4.57. The van der Waals surface area contributed by atoms with E-state index in [1.165, 1.54) is 6.07 Å². The average molecular weight is 245 g/mol. The van der Waals surface area contributed by atoms with Crippen LogP contribution in [0.4, 0.5) is 0 Å². The van der Waals surface area contributed by atoms with Crippen molar-refractivity contribution in [3.8, 4) is 0 Å². The van der Waals surface area contributed by atoms with Crippen LogP contribution in [0.3, 0.4) is 0 Å². The molecule has 0 aromatic heterocycles. The standard InChI is InChI=1S/C9H9BrO3/c10-7-1-2-8(9(12)13)6(5-7)3-4-11/h1-2,5,11H,3-4H2,(H,12,13). The van der Waals surface area contributed by atoms with Crippen molar-refractivity contribution in [1.29, 1.82) is 0 Å². The molecule has 0 aliphatic heterocycles. The largest absolute Gasteiger partial charge is 0.478 e. The van der Waals surface area contributed by atoms with Gasteiger partial charge in [0.2, 0.25) is 0 Å². The minimum absolute atomic E-state index is 0.0449. The molecule has 0 aliphatic rings. The van der Waals surface area contributed by atoms with Gasteiger partial charge in [0.05, 0.1) is 5.56 Å². The third-order valence-electron chi connectivity index (χ3n) is 1.68. The zero-order chi connectivity index (χ0) is 9.84. The highest BCUT2D eigenvalue weighted by molar-refractivity contribution is 9.10. The molecule has 0 heterocycles. The Morgan fingerprint density at radius 3 is 2.69 bits per heavy atom. The average Bonchev–Trinajstić information content (AvgIpc) is 2.04. The Balaban J connectivity index is 3.10. The minimum Gasteiger partial charge on any atom is -0.478 e. The van der Waals surface area contributed by atoms with Gasteiger partial charge in [-0.3, -0.25) is 0 Å². The van der Waals surface area contributed by atoms with Crippen LogP contribution in [0.15, 0.2) is 22.7 Å². The molecular weight excluding hydrogens is 236 g/mol. The normalized spacial score (nSPS) is 10.0. The summed E-state index contributed by atoms with van der Waals surface area (Å²) in [6.07, 6.45) is 0.362. The third-order valence-corrected chi connectivity index (χ3v) is 2.17. The molecular formula is C9H9BrO3. The van der Waals surface area contributed by atoms with E-state index in [0.29, 0.717) is 12.0 Å². The van der Waals surface area contributed by atoms with Crippen molar-refractivity contribution >= 4 is 21.9 Å². The Labute approximate surface area is 84.1 Å². The molecule has 0 bridgehead atoms. The van der Waals surface area contributed by atoms with Crippen LogP contribution in [0.1, 0.15) is 15.9 Å². The third kappa shape index (κ3) is 2.54. The zero-order valence-corrected chi connectivity index (χ0v) is 8.41. The monoisotopic (exact) mass is 244 g/mol. The summed E-state index contributed by atoms with van der Waals surface area (Å²) >= 11 is 3.24. The van der Waals surface area contributed by atoms with E-state index in [2.05, 4.69) is 15.9 Å². The minimum atomic E-state index is -0.962. The van der Waals surface area contributed by atoms with Crippen LogP contribution >= 0.6 is 15.9 Å². The number of aliphatic hydroxyl groups is 1. The fourth-order valence-electron chi connectivity index (χ4n) is 1.10. The number of aliphatic hydroxyl groups excluding tert-OH is 1. The van der Waals surface area contributed by atoms with Crippen LogP contribution in [-0.2, 0) is 6.42 Å². The van der Waals surface area contributed by atoms with Crippen molar-refractivity contribution in [2.24, 2.45) is 0 Å². The molecule has 70 valence electrons. The topological polar surface area (TPSA) is 57.5 Å². The van der Waals surface area contributed by atoms with Crippen LogP contribution in [0, 0.1) is 0 Å². The SMILES string of the molecule is O=C(O)c1ccc(Br)cc1CCO. The fraction of sp³-hybridized carbons (Fsp3) is 0.222. The van der Waals surface area contributed by atoms with Crippen molar-refractivity contribution in [1.82, 2.24) is 0 Å². The van der Waals surface area contributed by atoms with Crippen LogP contribution in [0.25, 0.3) is 0 Å². The smallest absolute Gasteiger partial charge is 0.335 e. The van der Waals surface area contributed by atoms with Gasteiger partial charge in [0, 0.05) is 11.1 Å². The fourth-order valence-corrected chi connectivity index (χ4v) is 1.51. The van der Waals surface area contributed by atoms with E-state index >= 15 is 0 Å². The van der Waals surface area contributed by atoms with E-state index in [1.807, 2.05) is 0 Å². The number of carboxylic acid groups (broad SMARTS) is 1. The maximum absolute atomic E-state index is 10.7. The Morgan fingerprint density at radius 1 is 1.46 bits per heavy atom. The molecule has 2 N–H and O–H groups in total. The highest BCUT2D eigenvalue weighted by Gasteiger charge is 2.09. The van der Waals surface area contributed by atoms with Crippen molar-refractivity contribution in [3.05, 3.63) is 33.8 Å².